The summed E-state index contributed by atoms with van der Waals surface area (Å²) in [6.07, 6.45) is 0.481. The lowest BCUT2D eigenvalue weighted by molar-refractivity contribution is 0.297. The van der Waals surface area contributed by atoms with E-state index in [-0.39, 0.29) is 5.49 Å². The third-order valence-corrected chi connectivity index (χ3v) is 3.91. The highest BCUT2D eigenvalue weighted by Crippen LogP contribution is 2.19. The van der Waals surface area contributed by atoms with E-state index in [1.165, 1.54) is 4.57 Å². The van der Waals surface area contributed by atoms with Crippen LogP contribution in [0.5, 0.6) is 5.75 Å². The zero-order chi connectivity index (χ0) is 17.1. The third-order valence-electron chi connectivity index (χ3n) is 3.91. The smallest absolute Gasteiger partial charge is 0.299 e. The first-order valence-corrected chi connectivity index (χ1v) is 7.44. The van der Waals surface area contributed by atoms with Crippen molar-refractivity contribution in [1.82, 2.24) is 9.55 Å². The van der Waals surface area contributed by atoms with Crippen molar-refractivity contribution in [2.75, 3.05) is 7.11 Å². The van der Waals surface area contributed by atoms with E-state index in [0.717, 1.165) is 22.2 Å². The Morgan fingerprint density at radius 3 is 2.75 bits per heavy atom. The molecule has 0 fully saturated rings. The van der Waals surface area contributed by atoms with Crippen molar-refractivity contribution in [3.63, 3.8) is 0 Å². The fourth-order valence-corrected chi connectivity index (χ4v) is 2.68. The van der Waals surface area contributed by atoms with Crippen LogP contribution in [-0.4, -0.2) is 21.9 Å². The summed E-state index contributed by atoms with van der Waals surface area (Å²) in [5.41, 5.74) is 1.68. The van der Waals surface area contributed by atoms with Crippen molar-refractivity contribution >= 4 is 10.9 Å². The van der Waals surface area contributed by atoms with Crippen LogP contribution in [0.4, 0.5) is 0 Å². The molecule has 3 aromatic rings. The van der Waals surface area contributed by atoms with Crippen LogP contribution in [0.25, 0.3) is 10.9 Å². The number of nitrogens with zero attached hydrogens (tertiary/aromatic N) is 3. The predicted molar refractivity (Wildman–Crippen MR) is 90.1 cm³/mol. The van der Waals surface area contributed by atoms with E-state index in [1.807, 2.05) is 48.5 Å². The van der Waals surface area contributed by atoms with Crippen LogP contribution >= 0.6 is 0 Å². The first-order chi connectivity index (χ1) is 11.6. The van der Waals surface area contributed by atoms with E-state index in [1.54, 1.807) is 14.2 Å². The molecule has 0 bridgehead atoms. The maximum Gasteiger partial charge on any atom is 0.299 e. The first-order valence-electron chi connectivity index (χ1n) is 7.44. The summed E-state index contributed by atoms with van der Waals surface area (Å²) >= 11 is 0. The van der Waals surface area contributed by atoms with Gasteiger partial charge in [0.25, 0.3) is 11.0 Å². The van der Waals surface area contributed by atoms with Crippen LogP contribution in [0.1, 0.15) is 11.3 Å². The second-order valence-corrected chi connectivity index (χ2v) is 5.39. The molecule has 122 valence electrons. The van der Waals surface area contributed by atoms with Gasteiger partial charge in [-0.3, -0.25) is 4.79 Å². The summed E-state index contributed by atoms with van der Waals surface area (Å²) < 4.78 is 6.69. The number of aryl methyl sites for hydroxylation is 1. The number of fused-ring (bicyclic) bond motifs is 1. The standard InChI is InChI=1S/C18H17N3O3/c1-21-16-9-4-3-8-14(16)15(19-17(20-23)18(21)22)11-12-6-5-7-13(10-12)24-2/h3-10,23H,11H2,1-2H3. The molecule has 24 heavy (non-hydrogen) atoms. The van der Waals surface area contributed by atoms with Crippen LogP contribution in [0.2, 0.25) is 0 Å². The Kier molecular flexibility index (Phi) is 4.29. The summed E-state index contributed by atoms with van der Waals surface area (Å²) in [6, 6.07) is 15.1. The molecular formula is C18H17N3O3. The molecule has 0 aliphatic rings. The molecule has 1 aromatic heterocycles. The molecule has 0 atom stereocenters. The quantitative estimate of drug-likeness (QED) is 0.589. The van der Waals surface area contributed by atoms with Gasteiger partial charge in [-0.05, 0) is 23.8 Å². The monoisotopic (exact) mass is 323 g/mol. The maximum absolute atomic E-state index is 12.3. The average Bonchev–Trinajstić information content (AvgIpc) is 2.72. The van der Waals surface area contributed by atoms with E-state index in [9.17, 15) is 4.79 Å². The van der Waals surface area contributed by atoms with Gasteiger partial charge in [-0.25, -0.2) is 4.98 Å². The van der Waals surface area contributed by atoms with Gasteiger partial charge in [-0.2, -0.15) is 0 Å². The van der Waals surface area contributed by atoms with Gasteiger partial charge in [0.05, 0.1) is 18.3 Å². The van der Waals surface area contributed by atoms with E-state index in [2.05, 4.69) is 10.1 Å². The Hall–Kier alpha value is -3.15. The van der Waals surface area contributed by atoms with Gasteiger partial charge in [-0.1, -0.05) is 35.5 Å². The Labute approximate surface area is 138 Å². The summed E-state index contributed by atoms with van der Waals surface area (Å²) in [5, 5.41) is 13.1. The van der Waals surface area contributed by atoms with Crippen molar-refractivity contribution in [1.29, 1.82) is 0 Å². The highest BCUT2D eigenvalue weighted by atomic mass is 16.5. The van der Waals surface area contributed by atoms with Crippen LogP contribution in [0.15, 0.2) is 58.5 Å². The number of aromatic nitrogens is 2. The lowest BCUT2D eigenvalue weighted by Gasteiger charge is -2.05. The summed E-state index contributed by atoms with van der Waals surface area (Å²) in [6.45, 7) is 0. The number of benzene rings is 2. The van der Waals surface area contributed by atoms with Gasteiger partial charge in [0.2, 0.25) is 0 Å². The molecule has 0 unspecified atom stereocenters. The van der Waals surface area contributed by atoms with E-state index < -0.39 is 5.56 Å². The minimum Gasteiger partial charge on any atom is -0.497 e. The lowest BCUT2D eigenvalue weighted by atomic mass is 10.1. The normalized spacial score (nSPS) is 11.7. The van der Waals surface area contributed by atoms with Crippen LogP contribution in [0.3, 0.4) is 0 Å². The Morgan fingerprint density at radius 1 is 1.21 bits per heavy atom. The molecule has 0 aliphatic heterocycles. The van der Waals surface area contributed by atoms with Gasteiger partial charge in [0.15, 0.2) is 0 Å². The summed E-state index contributed by atoms with van der Waals surface area (Å²) in [5.74, 6) is 0.749. The number of ether oxygens (including phenoxy) is 1. The Balaban J connectivity index is 2.29. The van der Waals surface area contributed by atoms with Crippen molar-refractivity contribution in [3.05, 3.63) is 75.6 Å². The second kappa shape index (κ2) is 6.54. The highest BCUT2D eigenvalue weighted by molar-refractivity contribution is 5.81. The van der Waals surface area contributed by atoms with Crippen molar-refractivity contribution in [2.24, 2.45) is 12.2 Å². The number of hydrogen-bond acceptors (Lipinski definition) is 5. The largest absolute Gasteiger partial charge is 0.497 e. The lowest BCUT2D eigenvalue weighted by Crippen LogP contribution is -2.33. The summed E-state index contributed by atoms with van der Waals surface area (Å²) in [7, 11) is 3.25. The molecule has 0 amide bonds. The van der Waals surface area contributed by atoms with E-state index >= 15 is 0 Å². The van der Waals surface area contributed by atoms with Crippen LogP contribution in [-0.2, 0) is 13.5 Å². The molecule has 6 nitrogen and oxygen atoms in total. The Bertz CT molecular complexity index is 1030. The van der Waals surface area contributed by atoms with Gasteiger partial charge in [0.1, 0.15) is 5.75 Å². The molecule has 1 N–H and O–H groups in total. The van der Waals surface area contributed by atoms with Crippen LogP contribution in [0, 0.1) is 0 Å². The summed E-state index contributed by atoms with van der Waals surface area (Å²) in [4.78, 5) is 16.6. The minimum absolute atomic E-state index is 0.230. The molecule has 0 spiro atoms. The SMILES string of the molecule is COc1cccc(Cc2nc(=NO)c(=O)n(C)c3ccccc23)c1. The van der Waals surface area contributed by atoms with Crippen molar-refractivity contribution < 1.29 is 9.94 Å². The van der Waals surface area contributed by atoms with Crippen molar-refractivity contribution in [3.8, 4) is 5.75 Å². The maximum atomic E-state index is 12.3. The third kappa shape index (κ3) is 2.86. The molecule has 1 heterocycles. The molecule has 0 radical (unpaired) electrons. The molecule has 0 aliphatic carbocycles. The van der Waals surface area contributed by atoms with E-state index in [4.69, 9.17) is 9.94 Å². The van der Waals surface area contributed by atoms with Crippen molar-refractivity contribution in [2.45, 2.75) is 6.42 Å². The predicted octanol–water partition coefficient (Wildman–Crippen LogP) is 1.82. The van der Waals surface area contributed by atoms with Crippen LogP contribution < -0.4 is 15.8 Å². The zero-order valence-electron chi connectivity index (χ0n) is 13.4. The van der Waals surface area contributed by atoms with Gasteiger partial charge in [0, 0.05) is 18.9 Å². The molecule has 3 rings (SSSR count). The topological polar surface area (TPSA) is 76.7 Å². The van der Waals surface area contributed by atoms with Gasteiger partial charge >= 0.3 is 0 Å². The van der Waals surface area contributed by atoms with Gasteiger partial charge in [-0.15, -0.1) is 0 Å². The molecule has 6 heteroatoms. The zero-order valence-corrected chi connectivity index (χ0v) is 13.4. The molecule has 0 saturated carbocycles. The number of hydrogen-bond donors (Lipinski definition) is 1. The molecular weight excluding hydrogens is 306 g/mol. The number of methoxy groups -OCH3 is 1. The average molecular weight is 323 g/mol. The fraction of sp³-hybridized carbons (Fsp3) is 0.167. The highest BCUT2D eigenvalue weighted by Gasteiger charge is 2.09. The van der Waals surface area contributed by atoms with Gasteiger partial charge < -0.3 is 14.5 Å². The Morgan fingerprint density at radius 2 is 2.00 bits per heavy atom. The minimum atomic E-state index is -0.453. The second-order valence-electron chi connectivity index (χ2n) is 5.39. The molecule has 0 saturated heterocycles. The number of rotatable bonds is 3. The fourth-order valence-electron chi connectivity index (χ4n) is 2.68. The number of para-hydroxylation sites is 1. The van der Waals surface area contributed by atoms with E-state index in [0.29, 0.717) is 12.1 Å². The first kappa shape index (κ1) is 15.7. The molecule has 2 aromatic carbocycles.